The summed E-state index contributed by atoms with van der Waals surface area (Å²) in [4.78, 5) is 0. The van der Waals surface area contributed by atoms with Crippen LogP contribution in [-0.2, 0) is 4.74 Å². The van der Waals surface area contributed by atoms with Crippen molar-refractivity contribution in [3.8, 4) is 11.5 Å². The normalized spacial score (nSPS) is 20.7. The lowest BCUT2D eigenvalue weighted by atomic mass is 9.93. The summed E-state index contributed by atoms with van der Waals surface area (Å²) in [5, 5.41) is 9.40. The van der Waals surface area contributed by atoms with Gasteiger partial charge in [0.2, 0.25) is 0 Å². The van der Waals surface area contributed by atoms with E-state index < -0.39 is 0 Å². The smallest absolute Gasteiger partial charge is 0.123 e. The molecule has 18 heavy (non-hydrogen) atoms. The lowest BCUT2D eigenvalue weighted by Gasteiger charge is -2.20. The highest BCUT2D eigenvalue weighted by atomic mass is 16.5. The van der Waals surface area contributed by atoms with E-state index in [-0.39, 0.29) is 12.5 Å². The maximum atomic E-state index is 9.40. The SMILES string of the molecule is COc1cccc(OCC(CO)C2CCOC2)c1. The number of rotatable bonds is 6. The quantitative estimate of drug-likeness (QED) is 0.837. The molecule has 2 atom stereocenters. The van der Waals surface area contributed by atoms with E-state index in [0.717, 1.165) is 31.1 Å². The molecule has 2 unspecified atom stereocenters. The van der Waals surface area contributed by atoms with Crippen LogP contribution in [0.2, 0.25) is 0 Å². The number of aliphatic hydroxyl groups excluding tert-OH is 1. The number of aliphatic hydroxyl groups is 1. The first-order valence-corrected chi connectivity index (χ1v) is 6.29. The molecule has 0 spiro atoms. The molecule has 1 aromatic carbocycles. The third-order valence-corrected chi connectivity index (χ3v) is 3.37. The summed E-state index contributed by atoms with van der Waals surface area (Å²) in [6.45, 7) is 2.17. The first kappa shape index (κ1) is 13.2. The van der Waals surface area contributed by atoms with Gasteiger partial charge in [0.15, 0.2) is 0 Å². The molecule has 0 saturated carbocycles. The molecule has 1 aliphatic rings. The van der Waals surface area contributed by atoms with E-state index in [9.17, 15) is 5.11 Å². The molecule has 0 amide bonds. The van der Waals surface area contributed by atoms with E-state index in [1.54, 1.807) is 7.11 Å². The van der Waals surface area contributed by atoms with Crippen LogP contribution in [0.4, 0.5) is 0 Å². The highest BCUT2D eigenvalue weighted by Crippen LogP contribution is 2.24. The number of hydrogen-bond donors (Lipinski definition) is 1. The standard InChI is InChI=1S/C14H20O4/c1-16-13-3-2-4-14(7-13)18-10-12(8-15)11-5-6-17-9-11/h2-4,7,11-12,15H,5-6,8-10H2,1H3. The van der Waals surface area contributed by atoms with Crippen molar-refractivity contribution in [1.82, 2.24) is 0 Å². The van der Waals surface area contributed by atoms with Crippen molar-refractivity contribution in [2.24, 2.45) is 11.8 Å². The van der Waals surface area contributed by atoms with Crippen molar-refractivity contribution in [2.75, 3.05) is 33.5 Å². The summed E-state index contributed by atoms with van der Waals surface area (Å²) in [6.07, 6.45) is 1.01. The Morgan fingerprint density at radius 2 is 2.28 bits per heavy atom. The molecule has 1 aromatic rings. The molecule has 0 bridgehead atoms. The van der Waals surface area contributed by atoms with Crippen LogP contribution in [0.25, 0.3) is 0 Å². The molecule has 2 rings (SSSR count). The lowest BCUT2D eigenvalue weighted by Crippen LogP contribution is -2.25. The fraction of sp³-hybridized carbons (Fsp3) is 0.571. The highest BCUT2D eigenvalue weighted by molar-refractivity contribution is 5.32. The van der Waals surface area contributed by atoms with E-state index in [4.69, 9.17) is 14.2 Å². The molecule has 4 nitrogen and oxygen atoms in total. The Kier molecular flexibility index (Phi) is 4.84. The Morgan fingerprint density at radius 1 is 1.44 bits per heavy atom. The lowest BCUT2D eigenvalue weighted by molar-refractivity contribution is 0.102. The summed E-state index contributed by atoms with van der Waals surface area (Å²) in [5.41, 5.74) is 0. The third-order valence-electron chi connectivity index (χ3n) is 3.37. The maximum Gasteiger partial charge on any atom is 0.123 e. The van der Waals surface area contributed by atoms with Gasteiger partial charge in [0, 0.05) is 31.8 Å². The third kappa shape index (κ3) is 3.37. The van der Waals surface area contributed by atoms with Crippen LogP contribution in [0.1, 0.15) is 6.42 Å². The largest absolute Gasteiger partial charge is 0.497 e. The minimum absolute atomic E-state index is 0.137. The predicted octanol–water partition coefficient (Wildman–Crippen LogP) is 1.72. The fourth-order valence-corrected chi connectivity index (χ4v) is 2.16. The maximum absolute atomic E-state index is 9.40. The zero-order chi connectivity index (χ0) is 12.8. The number of hydrogen-bond acceptors (Lipinski definition) is 4. The molecule has 1 fully saturated rings. The first-order valence-electron chi connectivity index (χ1n) is 6.29. The highest BCUT2D eigenvalue weighted by Gasteiger charge is 2.25. The number of methoxy groups -OCH3 is 1. The van der Waals surface area contributed by atoms with Gasteiger partial charge in [-0.3, -0.25) is 0 Å². The fourth-order valence-electron chi connectivity index (χ4n) is 2.16. The van der Waals surface area contributed by atoms with Gasteiger partial charge in [0.05, 0.1) is 13.7 Å². The van der Waals surface area contributed by atoms with Gasteiger partial charge < -0.3 is 19.3 Å². The molecule has 1 aliphatic heterocycles. The molecule has 0 aromatic heterocycles. The van der Waals surface area contributed by atoms with Gasteiger partial charge >= 0.3 is 0 Å². The minimum Gasteiger partial charge on any atom is -0.497 e. The first-order chi connectivity index (χ1) is 8.83. The molecule has 4 heteroatoms. The Morgan fingerprint density at radius 3 is 2.94 bits per heavy atom. The van der Waals surface area contributed by atoms with E-state index in [0.29, 0.717) is 12.5 Å². The summed E-state index contributed by atoms with van der Waals surface area (Å²) in [5.74, 6) is 2.09. The Balaban J connectivity index is 1.88. The molecular formula is C14H20O4. The zero-order valence-electron chi connectivity index (χ0n) is 10.7. The molecule has 0 radical (unpaired) electrons. The summed E-state index contributed by atoms with van der Waals surface area (Å²) in [6, 6.07) is 7.50. The van der Waals surface area contributed by atoms with Crippen molar-refractivity contribution in [2.45, 2.75) is 6.42 Å². The molecular weight excluding hydrogens is 232 g/mol. The monoisotopic (exact) mass is 252 g/mol. The van der Waals surface area contributed by atoms with Crippen LogP contribution in [0.15, 0.2) is 24.3 Å². The van der Waals surface area contributed by atoms with E-state index in [1.807, 2.05) is 24.3 Å². The number of ether oxygens (including phenoxy) is 3. The summed E-state index contributed by atoms with van der Waals surface area (Å²) >= 11 is 0. The Labute approximate surface area is 107 Å². The molecule has 1 heterocycles. The van der Waals surface area contributed by atoms with E-state index in [2.05, 4.69) is 0 Å². The van der Waals surface area contributed by atoms with Gasteiger partial charge in [-0.25, -0.2) is 0 Å². The predicted molar refractivity (Wildman–Crippen MR) is 68.0 cm³/mol. The molecule has 1 N–H and O–H groups in total. The van der Waals surface area contributed by atoms with Crippen LogP contribution in [0.5, 0.6) is 11.5 Å². The molecule has 1 saturated heterocycles. The van der Waals surface area contributed by atoms with Crippen molar-refractivity contribution in [3.63, 3.8) is 0 Å². The van der Waals surface area contributed by atoms with Gasteiger partial charge in [0.1, 0.15) is 11.5 Å². The van der Waals surface area contributed by atoms with Crippen LogP contribution in [0.3, 0.4) is 0 Å². The van der Waals surface area contributed by atoms with Gasteiger partial charge in [-0.15, -0.1) is 0 Å². The van der Waals surface area contributed by atoms with Crippen molar-refractivity contribution in [1.29, 1.82) is 0 Å². The van der Waals surface area contributed by atoms with Crippen molar-refractivity contribution < 1.29 is 19.3 Å². The topological polar surface area (TPSA) is 47.9 Å². The van der Waals surface area contributed by atoms with Gasteiger partial charge in [-0.1, -0.05) is 6.07 Å². The zero-order valence-corrected chi connectivity index (χ0v) is 10.7. The summed E-state index contributed by atoms with van der Waals surface area (Å²) in [7, 11) is 1.63. The second kappa shape index (κ2) is 6.61. The van der Waals surface area contributed by atoms with Crippen molar-refractivity contribution >= 4 is 0 Å². The molecule has 0 aliphatic carbocycles. The number of benzene rings is 1. The van der Waals surface area contributed by atoms with Crippen LogP contribution in [0, 0.1) is 11.8 Å². The van der Waals surface area contributed by atoms with Crippen LogP contribution >= 0.6 is 0 Å². The van der Waals surface area contributed by atoms with Gasteiger partial charge in [0.25, 0.3) is 0 Å². The Bertz CT molecular complexity index is 361. The minimum atomic E-state index is 0.137. The van der Waals surface area contributed by atoms with Gasteiger partial charge in [-0.05, 0) is 24.5 Å². The van der Waals surface area contributed by atoms with Crippen molar-refractivity contribution in [3.05, 3.63) is 24.3 Å². The van der Waals surface area contributed by atoms with E-state index >= 15 is 0 Å². The van der Waals surface area contributed by atoms with Crippen LogP contribution in [-0.4, -0.2) is 38.6 Å². The second-order valence-electron chi connectivity index (χ2n) is 4.56. The Hall–Kier alpha value is -1.26. The summed E-state index contributed by atoms with van der Waals surface area (Å²) < 4.78 is 16.2. The van der Waals surface area contributed by atoms with E-state index in [1.165, 1.54) is 0 Å². The van der Waals surface area contributed by atoms with Crippen LogP contribution < -0.4 is 9.47 Å². The molecule has 100 valence electrons. The average Bonchev–Trinajstić information content (AvgIpc) is 2.94. The average molecular weight is 252 g/mol. The van der Waals surface area contributed by atoms with Gasteiger partial charge in [-0.2, -0.15) is 0 Å². The second-order valence-corrected chi connectivity index (χ2v) is 4.56.